The van der Waals surface area contributed by atoms with Crippen LogP contribution in [0.3, 0.4) is 0 Å². The smallest absolute Gasteiger partial charge is 0.258 e. The van der Waals surface area contributed by atoms with Gasteiger partial charge in [-0.25, -0.2) is 4.98 Å². The highest BCUT2D eigenvalue weighted by Gasteiger charge is 2.28. The van der Waals surface area contributed by atoms with Crippen molar-refractivity contribution in [3.05, 3.63) is 23.0 Å². The van der Waals surface area contributed by atoms with Crippen LogP contribution < -0.4 is 5.32 Å². The highest BCUT2D eigenvalue weighted by atomic mass is 16.5. The highest BCUT2D eigenvalue weighted by molar-refractivity contribution is 6.06. The van der Waals surface area contributed by atoms with E-state index in [0.29, 0.717) is 22.9 Å². The highest BCUT2D eigenvalue weighted by Crippen LogP contribution is 2.25. The Bertz CT molecular complexity index is 680. The first kappa shape index (κ1) is 14.0. The first-order chi connectivity index (χ1) is 10.1. The maximum absolute atomic E-state index is 12.8. The second-order valence-corrected chi connectivity index (χ2v) is 5.72. The normalized spacial score (nSPS) is 18.6. The Hall–Kier alpha value is -1.95. The molecule has 0 aromatic carbocycles. The Kier molecular flexibility index (Phi) is 3.63. The van der Waals surface area contributed by atoms with Crippen LogP contribution in [0.1, 0.15) is 28.2 Å². The summed E-state index contributed by atoms with van der Waals surface area (Å²) in [4.78, 5) is 19.0. The summed E-state index contributed by atoms with van der Waals surface area (Å²) in [5, 5.41) is 7.85. The predicted molar refractivity (Wildman–Crippen MR) is 79.2 cm³/mol. The molecule has 1 aliphatic heterocycles. The third kappa shape index (κ3) is 2.51. The fourth-order valence-corrected chi connectivity index (χ4v) is 3.03. The van der Waals surface area contributed by atoms with E-state index in [-0.39, 0.29) is 5.91 Å². The van der Waals surface area contributed by atoms with E-state index in [1.807, 2.05) is 31.9 Å². The molecule has 1 unspecified atom stereocenters. The zero-order valence-corrected chi connectivity index (χ0v) is 12.6. The van der Waals surface area contributed by atoms with Gasteiger partial charge in [0, 0.05) is 18.8 Å². The lowest BCUT2D eigenvalue weighted by atomic mass is 10.1. The number of nitrogens with zero attached hydrogens (tertiary/aromatic N) is 3. The molecule has 3 heterocycles. The van der Waals surface area contributed by atoms with E-state index in [9.17, 15) is 4.79 Å². The van der Waals surface area contributed by atoms with Gasteiger partial charge in [0.15, 0.2) is 0 Å². The fraction of sp³-hybridized carbons (Fsp3) is 0.533. The van der Waals surface area contributed by atoms with Crippen LogP contribution in [0.4, 0.5) is 0 Å². The van der Waals surface area contributed by atoms with Gasteiger partial charge in [-0.15, -0.1) is 0 Å². The van der Waals surface area contributed by atoms with Gasteiger partial charge < -0.3 is 14.7 Å². The Morgan fingerprint density at radius 1 is 1.52 bits per heavy atom. The Morgan fingerprint density at radius 2 is 2.33 bits per heavy atom. The van der Waals surface area contributed by atoms with Crippen LogP contribution in [-0.4, -0.2) is 47.6 Å². The van der Waals surface area contributed by atoms with Crippen LogP contribution in [0.2, 0.25) is 0 Å². The molecule has 1 fully saturated rings. The van der Waals surface area contributed by atoms with Crippen molar-refractivity contribution < 1.29 is 9.32 Å². The van der Waals surface area contributed by atoms with Gasteiger partial charge in [0.2, 0.25) is 0 Å². The average Bonchev–Trinajstić information content (AvgIpc) is 3.05. The van der Waals surface area contributed by atoms with E-state index in [4.69, 9.17) is 4.52 Å². The molecule has 2 aromatic rings. The van der Waals surface area contributed by atoms with Crippen molar-refractivity contribution in [1.82, 2.24) is 20.4 Å². The fourth-order valence-electron chi connectivity index (χ4n) is 3.03. The molecule has 0 saturated carbocycles. The molecule has 0 bridgehead atoms. The quantitative estimate of drug-likeness (QED) is 0.927. The molecule has 6 nitrogen and oxygen atoms in total. The predicted octanol–water partition coefficient (Wildman–Crippen LogP) is 1.52. The third-order valence-corrected chi connectivity index (χ3v) is 4.04. The number of aromatic nitrogens is 2. The van der Waals surface area contributed by atoms with Crippen LogP contribution in [0.25, 0.3) is 11.1 Å². The molecular weight excluding hydrogens is 268 g/mol. The zero-order chi connectivity index (χ0) is 15.0. The van der Waals surface area contributed by atoms with E-state index < -0.39 is 0 Å². The molecule has 1 atom stereocenters. The average molecular weight is 288 g/mol. The number of carbonyl (C=O) groups is 1. The molecule has 1 aliphatic rings. The van der Waals surface area contributed by atoms with Gasteiger partial charge in [-0.2, -0.15) is 0 Å². The van der Waals surface area contributed by atoms with E-state index >= 15 is 0 Å². The summed E-state index contributed by atoms with van der Waals surface area (Å²) in [6.07, 6.45) is 1.04. The van der Waals surface area contributed by atoms with Crippen LogP contribution in [0.5, 0.6) is 0 Å². The van der Waals surface area contributed by atoms with Gasteiger partial charge in [0.1, 0.15) is 0 Å². The number of likely N-dealkylation sites (tertiary alicyclic amines) is 1. The summed E-state index contributed by atoms with van der Waals surface area (Å²) in [6.45, 7) is 6.25. The Balaban J connectivity index is 1.93. The molecule has 3 rings (SSSR count). The van der Waals surface area contributed by atoms with Crippen molar-refractivity contribution in [3.63, 3.8) is 0 Å². The number of fused-ring (bicyclic) bond motifs is 1. The SMILES string of the molecule is CNCC1CCN(C(=O)c2cc(C)nc3onc(C)c23)C1. The number of aryl methyl sites for hydroxylation is 2. The monoisotopic (exact) mass is 288 g/mol. The van der Waals surface area contributed by atoms with Crippen LogP contribution in [-0.2, 0) is 0 Å². The summed E-state index contributed by atoms with van der Waals surface area (Å²) in [5.74, 6) is 0.580. The number of rotatable bonds is 3. The van der Waals surface area contributed by atoms with Crippen molar-refractivity contribution >= 4 is 17.0 Å². The van der Waals surface area contributed by atoms with Gasteiger partial charge in [-0.05, 0) is 45.8 Å². The van der Waals surface area contributed by atoms with Crippen molar-refractivity contribution in [3.8, 4) is 0 Å². The van der Waals surface area contributed by atoms with Crippen LogP contribution >= 0.6 is 0 Å². The molecule has 21 heavy (non-hydrogen) atoms. The van der Waals surface area contributed by atoms with Crippen molar-refractivity contribution in [2.75, 3.05) is 26.7 Å². The summed E-state index contributed by atoms with van der Waals surface area (Å²) in [7, 11) is 1.95. The molecule has 6 heteroatoms. The van der Waals surface area contributed by atoms with Gasteiger partial charge in [0.05, 0.1) is 16.6 Å². The van der Waals surface area contributed by atoms with Crippen LogP contribution in [0.15, 0.2) is 10.6 Å². The largest absolute Gasteiger partial charge is 0.338 e. The van der Waals surface area contributed by atoms with E-state index in [0.717, 1.165) is 37.1 Å². The van der Waals surface area contributed by atoms with Gasteiger partial charge in [-0.3, -0.25) is 4.79 Å². The summed E-state index contributed by atoms with van der Waals surface area (Å²) in [5.41, 5.74) is 2.59. The van der Waals surface area contributed by atoms with Gasteiger partial charge in [0.25, 0.3) is 11.6 Å². The van der Waals surface area contributed by atoms with Crippen molar-refractivity contribution in [1.29, 1.82) is 0 Å². The molecule has 0 aliphatic carbocycles. The number of amides is 1. The van der Waals surface area contributed by atoms with Crippen LogP contribution in [0, 0.1) is 19.8 Å². The van der Waals surface area contributed by atoms with Crippen molar-refractivity contribution in [2.45, 2.75) is 20.3 Å². The maximum atomic E-state index is 12.8. The summed E-state index contributed by atoms with van der Waals surface area (Å²) in [6, 6.07) is 1.83. The lowest BCUT2D eigenvalue weighted by molar-refractivity contribution is 0.0789. The minimum atomic E-state index is 0.0513. The molecule has 1 amide bonds. The number of nitrogens with one attached hydrogen (secondary N) is 1. The molecule has 2 aromatic heterocycles. The lowest BCUT2D eigenvalue weighted by Gasteiger charge is -2.17. The van der Waals surface area contributed by atoms with Gasteiger partial charge in [-0.1, -0.05) is 5.16 Å². The van der Waals surface area contributed by atoms with E-state index in [2.05, 4.69) is 15.5 Å². The Labute approximate surface area is 123 Å². The number of hydrogen-bond donors (Lipinski definition) is 1. The second kappa shape index (κ2) is 5.44. The Morgan fingerprint density at radius 3 is 3.10 bits per heavy atom. The molecule has 0 radical (unpaired) electrons. The second-order valence-electron chi connectivity index (χ2n) is 5.72. The van der Waals surface area contributed by atoms with E-state index in [1.165, 1.54) is 0 Å². The number of carbonyl (C=O) groups excluding carboxylic acids is 1. The zero-order valence-electron chi connectivity index (χ0n) is 12.6. The molecule has 1 saturated heterocycles. The molecular formula is C15H20N4O2. The topological polar surface area (TPSA) is 71.3 Å². The minimum absolute atomic E-state index is 0.0513. The molecule has 112 valence electrons. The first-order valence-electron chi connectivity index (χ1n) is 7.27. The maximum Gasteiger partial charge on any atom is 0.258 e. The summed E-state index contributed by atoms with van der Waals surface area (Å²) < 4.78 is 5.20. The van der Waals surface area contributed by atoms with Crippen molar-refractivity contribution in [2.24, 2.45) is 5.92 Å². The number of hydrogen-bond acceptors (Lipinski definition) is 5. The minimum Gasteiger partial charge on any atom is -0.338 e. The number of pyridine rings is 1. The molecule has 0 spiro atoms. The lowest BCUT2D eigenvalue weighted by Crippen LogP contribution is -2.30. The molecule has 1 N–H and O–H groups in total. The summed E-state index contributed by atoms with van der Waals surface area (Å²) >= 11 is 0. The standard InChI is InChI=1S/C15H20N4O2/c1-9-6-12(13-10(2)18-21-14(13)17-9)15(20)19-5-4-11(8-19)7-16-3/h6,11,16H,4-5,7-8H2,1-3H3. The first-order valence-corrected chi connectivity index (χ1v) is 7.27. The third-order valence-electron chi connectivity index (χ3n) is 4.04. The van der Waals surface area contributed by atoms with E-state index in [1.54, 1.807) is 0 Å². The van der Waals surface area contributed by atoms with Gasteiger partial charge >= 0.3 is 0 Å².